The van der Waals surface area contributed by atoms with Crippen LogP contribution in [0.3, 0.4) is 0 Å². The molecule has 0 bridgehead atoms. The Morgan fingerprint density at radius 1 is 1.37 bits per heavy atom. The zero-order valence-corrected chi connectivity index (χ0v) is 10.6. The maximum atomic E-state index is 11.6. The van der Waals surface area contributed by atoms with Crippen molar-refractivity contribution in [3.05, 3.63) is 17.8 Å². The Balaban J connectivity index is 2.30. The molecule has 1 saturated carbocycles. The van der Waals surface area contributed by atoms with Crippen molar-refractivity contribution in [2.45, 2.75) is 44.1 Å². The van der Waals surface area contributed by atoms with Crippen LogP contribution in [0.1, 0.15) is 44.1 Å². The molecule has 1 aromatic rings. The van der Waals surface area contributed by atoms with Crippen molar-refractivity contribution in [1.29, 1.82) is 5.26 Å². The molecule has 0 atom stereocenters. The maximum Gasteiger partial charge on any atom is 0.329 e. The van der Waals surface area contributed by atoms with Crippen LogP contribution in [-0.4, -0.2) is 26.8 Å². The van der Waals surface area contributed by atoms with Gasteiger partial charge in [-0.05, 0) is 18.9 Å². The highest BCUT2D eigenvalue weighted by atomic mass is 16.4. The number of rotatable bonds is 3. The molecule has 1 aliphatic carbocycles. The number of carboxylic acid groups (broad SMARTS) is 1. The van der Waals surface area contributed by atoms with E-state index in [1.807, 2.05) is 6.07 Å². The summed E-state index contributed by atoms with van der Waals surface area (Å²) in [5, 5.41) is 29.1. The van der Waals surface area contributed by atoms with Crippen LogP contribution in [0.4, 0.5) is 5.82 Å². The van der Waals surface area contributed by atoms with Gasteiger partial charge in [-0.15, -0.1) is 5.10 Å². The summed E-state index contributed by atoms with van der Waals surface area (Å²) in [5.41, 5.74) is -0.710. The first kappa shape index (κ1) is 13.3. The number of nitriles is 1. The van der Waals surface area contributed by atoms with Gasteiger partial charge in [-0.2, -0.15) is 10.4 Å². The van der Waals surface area contributed by atoms with Crippen molar-refractivity contribution in [3.8, 4) is 6.07 Å². The molecule has 6 nitrogen and oxygen atoms in total. The lowest BCUT2D eigenvalue weighted by molar-refractivity contribution is -0.142. The summed E-state index contributed by atoms with van der Waals surface area (Å²) in [5.74, 6) is -0.627. The maximum absolute atomic E-state index is 11.6. The van der Waals surface area contributed by atoms with Crippen LogP contribution in [0.25, 0.3) is 0 Å². The largest absolute Gasteiger partial charge is 0.480 e. The molecule has 0 radical (unpaired) electrons. The third kappa shape index (κ3) is 2.81. The number of hydrogen-bond acceptors (Lipinski definition) is 5. The third-order valence-electron chi connectivity index (χ3n) is 3.57. The molecule has 0 aliphatic heterocycles. The summed E-state index contributed by atoms with van der Waals surface area (Å²) in [6.45, 7) is 0. The van der Waals surface area contributed by atoms with Crippen LogP contribution in [0.5, 0.6) is 0 Å². The highest BCUT2D eigenvalue weighted by Crippen LogP contribution is 2.31. The van der Waals surface area contributed by atoms with Gasteiger partial charge in [-0.1, -0.05) is 25.7 Å². The fraction of sp³-hybridized carbons (Fsp3) is 0.538. The summed E-state index contributed by atoms with van der Waals surface area (Å²) in [6, 6.07) is 3.53. The number of hydrogen-bond donors (Lipinski definition) is 2. The Morgan fingerprint density at radius 2 is 2.05 bits per heavy atom. The fourth-order valence-corrected chi connectivity index (χ4v) is 2.47. The second kappa shape index (κ2) is 5.65. The highest BCUT2D eigenvalue weighted by Gasteiger charge is 2.39. The van der Waals surface area contributed by atoms with Crippen LogP contribution in [0, 0.1) is 11.3 Å². The van der Waals surface area contributed by atoms with E-state index in [-0.39, 0.29) is 5.82 Å². The number of carboxylic acids is 1. The van der Waals surface area contributed by atoms with Gasteiger partial charge in [0, 0.05) is 0 Å². The number of aromatic nitrogens is 2. The first-order valence-corrected chi connectivity index (χ1v) is 6.41. The van der Waals surface area contributed by atoms with E-state index in [1.54, 1.807) is 0 Å². The second-order valence-corrected chi connectivity index (χ2v) is 4.83. The van der Waals surface area contributed by atoms with E-state index in [2.05, 4.69) is 15.5 Å². The lowest BCUT2D eigenvalue weighted by Gasteiger charge is -2.29. The van der Waals surface area contributed by atoms with Crippen molar-refractivity contribution in [2.75, 3.05) is 5.32 Å². The predicted molar refractivity (Wildman–Crippen MR) is 68.4 cm³/mol. The summed E-state index contributed by atoms with van der Waals surface area (Å²) < 4.78 is 0. The van der Waals surface area contributed by atoms with Crippen LogP contribution >= 0.6 is 0 Å². The lowest BCUT2D eigenvalue weighted by atomic mass is 9.90. The minimum atomic E-state index is -1.03. The van der Waals surface area contributed by atoms with Crippen molar-refractivity contribution >= 4 is 11.8 Å². The number of anilines is 1. The normalized spacial score (nSPS) is 18.1. The molecule has 2 rings (SSSR count). The molecule has 2 N–H and O–H groups in total. The highest BCUT2D eigenvalue weighted by molar-refractivity contribution is 5.83. The van der Waals surface area contributed by atoms with Crippen molar-refractivity contribution in [3.63, 3.8) is 0 Å². The molecule has 100 valence electrons. The summed E-state index contributed by atoms with van der Waals surface area (Å²) in [6.07, 6.45) is 6.32. The molecular weight excluding hydrogens is 244 g/mol. The molecule has 6 heteroatoms. The molecule has 19 heavy (non-hydrogen) atoms. The molecular formula is C13H16N4O2. The first-order valence-electron chi connectivity index (χ1n) is 6.41. The van der Waals surface area contributed by atoms with Gasteiger partial charge in [0.15, 0.2) is 5.82 Å². The zero-order valence-electron chi connectivity index (χ0n) is 10.6. The Labute approximate surface area is 111 Å². The summed E-state index contributed by atoms with van der Waals surface area (Å²) in [4.78, 5) is 11.6. The van der Waals surface area contributed by atoms with E-state index in [1.165, 1.54) is 12.3 Å². The summed E-state index contributed by atoms with van der Waals surface area (Å²) >= 11 is 0. The molecule has 0 spiro atoms. The van der Waals surface area contributed by atoms with Gasteiger partial charge < -0.3 is 10.4 Å². The van der Waals surface area contributed by atoms with Gasteiger partial charge >= 0.3 is 5.97 Å². The molecule has 1 aliphatic rings. The van der Waals surface area contributed by atoms with Gasteiger partial charge in [-0.3, -0.25) is 0 Å². The number of carbonyl (C=O) groups is 1. The van der Waals surface area contributed by atoms with Gasteiger partial charge in [0.05, 0.1) is 11.8 Å². The first-order chi connectivity index (χ1) is 9.18. The Morgan fingerprint density at radius 3 is 2.63 bits per heavy atom. The van der Waals surface area contributed by atoms with Crippen LogP contribution in [0.2, 0.25) is 0 Å². The number of aliphatic carboxylic acids is 1. The van der Waals surface area contributed by atoms with E-state index >= 15 is 0 Å². The van der Waals surface area contributed by atoms with Crippen LogP contribution in [0.15, 0.2) is 12.3 Å². The monoisotopic (exact) mass is 260 g/mol. The quantitative estimate of drug-likeness (QED) is 0.806. The smallest absolute Gasteiger partial charge is 0.329 e. The van der Waals surface area contributed by atoms with E-state index in [9.17, 15) is 9.90 Å². The van der Waals surface area contributed by atoms with Gasteiger partial charge in [-0.25, -0.2) is 4.79 Å². The Hall–Kier alpha value is -2.16. The van der Waals surface area contributed by atoms with E-state index in [0.29, 0.717) is 18.4 Å². The van der Waals surface area contributed by atoms with Gasteiger partial charge in [0.25, 0.3) is 0 Å². The van der Waals surface area contributed by atoms with Crippen molar-refractivity contribution in [2.24, 2.45) is 0 Å². The molecule has 0 aromatic carbocycles. The molecule has 1 fully saturated rings. The standard InChI is InChI=1S/C13H16N4O2/c14-9-10-5-8-15-17-11(10)16-13(12(18)19)6-3-1-2-4-7-13/h5,8H,1-4,6-7H2,(H,16,17)(H,18,19). The minimum Gasteiger partial charge on any atom is -0.480 e. The van der Waals surface area contributed by atoms with E-state index < -0.39 is 11.5 Å². The summed E-state index contributed by atoms with van der Waals surface area (Å²) in [7, 11) is 0. The minimum absolute atomic E-state index is 0.259. The number of nitrogens with one attached hydrogen (secondary N) is 1. The second-order valence-electron chi connectivity index (χ2n) is 4.83. The molecule has 1 aromatic heterocycles. The molecule has 1 heterocycles. The van der Waals surface area contributed by atoms with Crippen LogP contribution in [-0.2, 0) is 4.79 Å². The molecule has 0 amide bonds. The van der Waals surface area contributed by atoms with Gasteiger partial charge in [0.2, 0.25) is 0 Å². The number of nitrogens with zero attached hydrogens (tertiary/aromatic N) is 3. The SMILES string of the molecule is N#Cc1ccnnc1NC1(C(=O)O)CCCCCC1. The van der Waals surface area contributed by atoms with Gasteiger partial charge in [0.1, 0.15) is 11.6 Å². The van der Waals surface area contributed by atoms with E-state index in [4.69, 9.17) is 5.26 Å². The van der Waals surface area contributed by atoms with E-state index in [0.717, 1.165) is 25.7 Å². The zero-order chi connectivity index (χ0) is 13.7. The lowest BCUT2D eigenvalue weighted by Crippen LogP contribution is -2.46. The predicted octanol–water partition coefficient (Wildman–Crippen LogP) is 1.94. The Bertz CT molecular complexity index is 502. The van der Waals surface area contributed by atoms with Crippen LogP contribution < -0.4 is 5.32 Å². The fourth-order valence-electron chi connectivity index (χ4n) is 2.47. The molecule has 0 saturated heterocycles. The third-order valence-corrected chi connectivity index (χ3v) is 3.57. The van der Waals surface area contributed by atoms with Crippen molar-refractivity contribution < 1.29 is 9.90 Å². The topological polar surface area (TPSA) is 98.9 Å². The average Bonchev–Trinajstić information content (AvgIpc) is 2.66. The molecule has 0 unspecified atom stereocenters. The Kier molecular flexibility index (Phi) is 3.95. The average molecular weight is 260 g/mol. The van der Waals surface area contributed by atoms with Crippen molar-refractivity contribution in [1.82, 2.24) is 10.2 Å².